The van der Waals surface area contributed by atoms with Gasteiger partial charge >= 0.3 is 0 Å². The number of thiophene rings is 1. The fourth-order valence-corrected chi connectivity index (χ4v) is 4.01. The lowest BCUT2D eigenvalue weighted by molar-refractivity contribution is 0.00133. The number of fused-ring (bicyclic) bond motifs is 1. The Bertz CT molecular complexity index is 370. The molecule has 2 saturated heterocycles. The van der Waals surface area contributed by atoms with E-state index >= 15 is 0 Å². The molecule has 3 nitrogen and oxygen atoms in total. The number of hydrogen-bond donors (Lipinski definition) is 1. The molecule has 0 amide bonds. The van der Waals surface area contributed by atoms with E-state index in [1.807, 2.05) is 0 Å². The van der Waals surface area contributed by atoms with Crippen LogP contribution in [0.15, 0.2) is 15.9 Å². The van der Waals surface area contributed by atoms with Crippen LogP contribution in [0.25, 0.3) is 0 Å². The summed E-state index contributed by atoms with van der Waals surface area (Å²) < 4.78 is 6.66. The largest absolute Gasteiger partial charge is 0.381 e. The molecule has 2 fully saturated rings. The number of hydrogen-bond acceptors (Lipinski definition) is 4. The first-order valence-electron chi connectivity index (χ1n) is 5.02. The Kier molecular flexibility index (Phi) is 2.60. The van der Waals surface area contributed by atoms with Crippen LogP contribution in [0.5, 0.6) is 0 Å². The van der Waals surface area contributed by atoms with E-state index in [0.29, 0.717) is 5.92 Å². The molecule has 1 N–H and O–H groups in total. The summed E-state index contributed by atoms with van der Waals surface area (Å²) in [6.45, 7) is 2.35. The zero-order valence-electron chi connectivity index (χ0n) is 8.16. The lowest BCUT2D eigenvalue weighted by Gasteiger charge is -2.36. The van der Waals surface area contributed by atoms with Gasteiger partial charge in [-0.1, -0.05) is 0 Å². The van der Waals surface area contributed by atoms with Gasteiger partial charge < -0.3 is 9.57 Å². The lowest BCUT2D eigenvalue weighted by atomic mass is 9.81. The predicted octanol–water partition coefficient (Wildman–Crippen LogP) is 2.28. The molecule has 0 unspecified atom stereocenters. The van der Waals surface area contributed by atoms with Crippen molar-refractivity contribution >= 4 is 27.3 Å². The zero-order chi connectivity index (χ0) is 10.3. The minimum atomic E-state index is -0.00502. The highest BCUT2D eigenvalue weighted by molar-refractivity contribution is 9.10. The molecule has 0 spiro atoms. The van der Waals surface area contributed by atoms with Gasteiger partial charge in [0.25, 0.3) is 0 Å². The summed E-state index contributed by atoms with van der Waals surface area (Å²) in [5.41, 5.74) is 3.21. The topological polar surface area (TPSA) is 30.5 Å². The van der Waals surface area contributed by atoms with E-state index in [1.54, 1.807) is 11.3 Å². The summed E-state index contributed by atoms with van der Waals surface area (Å²) >= 11 is 5.28. The monoisotopic (exact) mass is 289 g/mol. The first kappa shape index (κ1) is 10.2. The van der Waals surface area contributed by atoms with Gasteiger partial charge in [-0.25, -0.2) is 0 Å². The second-order valence-electron chi connectivity index (χ2n) is 4.04. The molecule has 5 heteroatoms. The third-order valence-electron chi connectivity index (χ3n) is 3.20. The smallest absolute Gasteiger partial charge is 0.0867 e. The highest BCUT2D eigenvalue weighted by Crippen LogP contribution is 2.43. The summed E-state index contributed by atoms with van der Waals surface area (Å²) in [6, 6.07) is 2.19. The molecule has 0 bridgehead atoms. The van der Waals surface area contributed by atoms with Crippen LogP contribution in [0.4, 0.5) is 0 Å². The van der Waals surface area contributed by atoms with Crippen molar-refractivity contribution in [3.63, 3.8) is 0 Å². The zero-order valence-corrected chi connectivity index (χ0v) is 10.6. The van der Waals surface area contributed by atoms with E-state index in [9.17, 15) is 0 Å². The first-order valence-corrected chi connectivity index (χ1v) is 6.70. The highest BCUT2D eigenvalue weighted by Gasteiger charge is 2.48. The number of halogens is 1. The Hall–Kier alpha value is 0.0600. The number of rotatable bonds is 1. The molecule has 2 aliphatic rings. The fraction of sp³-hybridized carbons (Fsp3) is 0.600. The van der Waals surface area contributed by atoms with E-state index in [-0.39, 0.29) is 5.54 Å². The van der Waals surface area contributed by atoms with Crippen LogP contribution in [-0.2, 0) is 15.1 Å². The minimum Gasteiger partial charge on any atom is -0.381 e. The lowest BCUT2D eigenvalue weighted by Crippen LogP contribution is -2.46. The van der Waals surface area contributed by atoms with Crippen molar-refractivity contribution in [2.75, 3.05) is 19.8 Å². The van der Waals surface area contributed by atoms with Gasteiger partial charge in [-0.15, -0.1) is 11.3 Å². The molecule has 0 aromatic carbocycles. The maximum atomic E-state index is 5.51. The SMILES string of the molecule is Brc1csc([C@@]23CCOC[C@H]2CON3)c1. The summed E-state index contributed by atoms with van der Waals surface area (Å²) in [5.74, 6) is 0.441. The molecule has 0 aliphatic carbocycles. The Labute approximate surface area is 101 Å². The molecule has 0 radical (unpaired) electrons. The fourth-order valence-electron chi connectivity index (χ4n) is 2.32. The van der Waals surface area contributed by atoms with Crippen LogP contribution in [0, 0.1) is 5.92 Å². The van der Waals surface area contributed by atoms with Crippen molar-refractivity contribution in [1.29, 1.82) is 0 Å². The van der Waals surface area contributed by atoms with Crippen molar-refractivity contribution in [2.45, 2.75) is 12.0 Å². The van der Waals surface area contributed by atoms with Crippen molar-refractivity contribution in [3.8, 4) is 0 Å². The van der Waals surface area contributed by atoms with E-state index in [1.165, 1.54) is 4.88 Å². The van der Waals surface area contributed by atoms with E-state index in [2.05, 4.69) is 32.9 Å². The Morgan fingerprint density at radius 1 is 1.53 bits per heavy atom. The van der Waals surface area contributed by atoms with Gasteiger partial charge in [0.15, 0.2) is 0 Å². The quantitative estimate of drug-likeness (QED) is 0.860. The molecule has 2 aliphatic heterocycles. The van der Waals surface area contributed by atoms with Gasteiger partial charge in [0.2, 0.25) is 0 Å². The van der Waals surface area contributed by atoms with Gasteiger partial charge in [-0.2, -0.15) is 5.48 Å². The van der Waals surface area contributed by atoms with Crippen molar-refractivity contribution < 1.29 is 9.57 Å². The molecule has 82 valence electrons. The van der Waals surface area contributed by atoms with E-state index in [4.69, 9.17) is 9.57 Å². The van der Waals surface area contributed by atoms with Gasteiger partial charge in [0.1, 0.15) is 0 Å². The van der Waals surface area contributed by atoms with Gasteiger partial charge in [0.05, 0.1) is 18.8 Å². The van der Waals surface area contributed by atoms with Crippen LogP contribution in [-0.4, -0.2) is 19.8 Å². The van der Waals surface area contributed by atoms with Gasteiger partial charge in [-0.05, 0) is 28.4 Å². The van der Waals surface area contributed by atoms with Crippen LogP contribution >= 0.6 is 27.3 Å². The maximum absolute atomic E-state index is 5.51. The second-order valence-corrected chi connectivity index (χ2v) is 5.86. The Balaban J connectivity index is 1.99. The normalized spacial score (nSPS) is 35.4. The van der Waals surface area contributed by atoms with Crippen molar-refractivity contribution in [3.05, 3.63) is 20.8 Å². The van der Waals surface area contributed by atoms with Crippen LogP contribution in [0.1, 0.15) is 11.3 Å². The molecule has 1 aromatic rings. The molecule has 0 saturated carbocycles. The number of nitrogens with one attached hydrogen (secondary N) is 1. The summed E-state index contributed by atoms with van der Waals surface area (Å²) in [4.78, 5) is 6.77. The average Bonchev–Trinajstić information content (AvgIpc) is 2.83. The van der Waals surface area contributed by atoms with Crippen LogP contribution in [0.3, 0.4) is 0 Å². The molecule has 15 heavy (non-hydrogen) atoms. The summed E-state index contributed by atoms with van der Waals surface area (Å²) in [7, 11) is 0. The summed E-state index contributed by atoms with van der Waals surface area (Å²) in [5, 5.41) is 2.12. The molecule has 1 aromatic heterocycles. The van der Waals surface area contributed by atoms with Gasteiger partial charge in [0, 0.05) is 27.3 Å². The third-order valence-corrected chi connectivity index (χ3v) is 5.07. The maximum Gasteiger partial charge on any atom is 0.0867 e. The first-order chi connectivity index (χ1) is 7.31. The van der Waals surface area contributed by atoms with Crippen molar-refractivity contribution in [2.24, 2.45) is 5.92 Å². The van der Waals surface area contributed by atoms with Crippen LogP contribution in [0.2, 0.25) is 0 Å². The molecular weight excluding hydrogens is 278 g/mol. The Morgan fingerprint density at radius 3 is 3.27 bits per heavy atom. The molecule has 3 heterocycles. The molecular formula is C10H12BrNO2S. The third kappa shape index (κ3) is 1.57. The summed E-state index contributed by atoms with van der Waals surface area (Å²) in [6.07, 6.45) is 0.991. The Morgan fingerprint density at radius 2 is 2.47 bits per heavy atom. The molecule has 3 rings (SSSR count). The van der Waals surface area contributed by atoms with E-state index in [0.717, 1.165) is 30.7 Å². The molecule has 2 atom stereocenters. The minimum absolute atomic E-state index is 0.00502. The van der Waals surface area contributed by atoms with E-state index < -0.39 is 0 Å². The van der Waals surface area contributed by atoms with Crippen LogP contribution < -0.4 is 5.48 Å². The number of hydroxylamine groups is 1. The number of ether oxygens (including phenoxy) is 1. The van der Waals surface area contributed by atoms with Gasteiger partial charge in [-0.3, -0.25) is 0 Å². The average molecular weight is 290 g/mol. The highest BCUT2D eigenvalue weighted by atomic mass is 79.9. The second kappa shape index (κ2) is 3.82. The standard InChI is InChI=1S/C10H12BrNO2S/c11-8-3-9(15-6-8)10-1-2-13-4-7(10)5-14-12-10/h3,6-7,12H,1-2,4-5H2/t7-,10+/m0/s1. The predicted molar refractivity (Wildman–Crippen MR) is 61.7 cm³/mol. The van der Waals surface area contributed by atoms with Crippen molar-refractivity contribution in [1.82, 2.24) is 5.48 Å².